The molecule has 0 amide bonds. The number of rotatable bonds is 3. The topological polar surface area (TPSA) is 43.4 Å². The highest BCUT2D eigenvalue weighted by atomic mass is 16.5. The number of ether oxygens (including phenoxy) is 1. The predicted octanol–water partition coefficient (Wildman–Crippen LogP) is 2.48. The van der Waals surface area contributed by atoms with Gasteiger partial charge in [0.2, 0.25) is 0 Å². The molecule has 1 aromatic rings. The molecule has 3 heteroatoms. The van der Waals surface area contributed by atoms with Gasteiger partial charge in [-0.3, -0.25) is 9.59 Å². The summed E-state index contributed by atoms with van der Waals surface area (Å²) in [5, 5.41) is 0. The van der Waals surface area contributed by atoms with Crippen LogP contribution in [0.3, 0.4) is 0 Å². The van der Waals surface area contributed by atoms with Crippen LogP contribution in [-0.4, -0.2) is 18.4 Å². The first kappa shape index (κ1) is 12.6. The Labute approximate surface area is 106 Å². The zero-order chi connectivity index (χ0) is 13.0. The Hall–Kier alpha value is -1.90. The molecule has 0 N–H and O–H groups in total. The minimum Gasteiger partial charge on any atom is -0.465 e. The zero-order valence-electron chi connectivity index (χ0n) is 10.3. The molecule has 1 aliphatic carbocycles. The van der Waals surface area contributed by atoms with Gasteiger partial charge < -0.3 is 4.74 Å². The fourth-order valence-electron chi connectivity index (χ4n) is 2.31. The molecule has 94 valence electrons. The van der Waals surface area contributed by atoms with Gasteiger partial charge in [-0.05, 0) is 25.0 Å². The molecule has 0 spiro atoms. The molecule has 18 heavy (non-hydrogen) atoms. The molecule has 0 aliphatic heterocycles. The third kappa shape index (κ3) is 2.50. The van der Waals surface area contributed by atoms with Crippen molar-refractivity contribution in [3.63, 3.8) is 0 Å². The summed E-state index contributed by atoms with van der Waals surface area (Å²) in [6.45, 7) is 2.05. The maximum atomic E-state index is 11.9. The van der Waals surface area contributed by atoms with Crippen molar-refractivity contribution < 1.29 is 14.3 Å². The van der Waals surface area contributed by atoms with Gasteiger partial charge >= 0.3 is 5.97 Å². The van der Waals surface area contributed by atoms with Crippen molar-refractivity contribution in [2.24, 2.45) is 5.92 Å². The fraction of sp³-hybridized carbons (Fsp3) is 0.333. The Morgan fingerprint density at radius 1 is 1.33 bits per heavy atom. The zero-order valence-corrected chi connectivity index (χ0v) is 10.3. The van der Waals surface area contributed by atoms with Gasteiger partial charge in [0.1, 0.15) is 5.92 Å². The second kappa shape index (κ2) is 5.63. The summed E-state index contributed by atoms with van der Waals surface area (Å²) in [7, 11) is 0. The van der Waals surface area contributed by atoms with E-state index in [2.05, 4.69) is 0 Å². The monoisotopic (exact) mass is 244 g/mol. The second-order valence-electron chi connectivity index (χ2n) is 4.29. The molecule has 2 rings (SSSR count). The van der Waals surface area contributed by atoms with Crippen LogP contribution < -0.4 is 0 Å². The van der Waals surface area contributed by atoms with E-state index in [4.69, 9.17) is 4.74 Å². The Morgan fingerprint density at radius 2 is 2.06 bits per heavy atom. The van der Waals surface area contributed by atoms with Crippen LogP contribution in [0.1, 0.15) is 24.8 Å². The summed E-state index contributed by atoms with van der Waals surface area (Å²) in [5.74, 6) is -1.38. The molecular weight excluding hydrogens is 228 g/mol. The van der Waals surface area contributed by atoms with E-state index in [0.29, 0.717) is 13.0 Å². The number of ketones is 1. The minimum atomic E-state index is -0.697. The van der Waals surface area contributed by atoms with E-state index >= 15 is 0 Å². The van der Waals surface area contributed by atoms with Crippen LogP contribution in [-0.2, 0) is 14.3 Å². The van der Waals surface area contributed by atoms with Gasteiger partial charge in [0.25, 0.3) is 0 Å². The Kier molecular flexibility index (Phi) is 3.92. The maximum absolute atomic E-state index is 11.9. The standard InChI is InChI=1S/C15H16O3/c1-2-18-15(17)14-12(9-6-10-13(14)16)11-7-4-3-5-8-11/h3-8,10,12,14H,2,9H2,1H3. The minimum absolute atomic E-state index is 0.109. The first-order chi connectivity index (χ1) is 8.74. The van der Waals surface area contributed by atoms with Crippen molar-refractivity contribution in [1.29, 1.82) is 0 Å². The van der Waals surface area contributed by atoms with Crippen molar-refractivity contribution in [3.8, 4) is 0 Å². The maximum Gasteiger partial charge on any atom is 0.317 e. The number of hydrogen-bond acceptors (Lipinski definition) is 3. The predicted molar refractivity (Wildman–Crippen MR) is 68.1 cm³/mol. The largest absolute Gasteiger partial charge is 0.465 e. The molecule has 0 fully saturated rings. The Morgan fingerprint density at radius 3 is 2.72 bits per heavy atom. The lowest BCUT2D eigenvalue weighted by molar-refractivity contribution is -0.151. The summed E-state index contributed by atoms with van der Waals surface area (Å²) in [5.41, 5.74) is 1.01. The van der Waals surface area contributed by atoms with Crippen molar-refractivity contribution in [2.45, 2.75) is 19.3 Å². The van der Waals surface area contributed by atoms with E-state index < -0.39 is 11.9 Å². The highest BCUT2D eigenvalue weighted by Crippen LogP contribution is 2.33. The number of benzene rings is 1. The number of allylic oxidation sites excluding steroid dienone is 2. The quantitative estimate of drug-likeness (QED) is 0.606. The molecule has 0 saturated heterocycles. The number of carbonyl (C=O) groups excluding carboxylic acids is 2. The van der Waals surface area contributed by atoms with Crippen LogP contribution in [0.4, 0.5) is 0 Å². The SMILES string of the molecule is CCOC(=O)C1C(=O)C=CCC1c1ccccc1. The van der Waals surface area contributed by atoms with Crippen LogP contribution in [0.2, 0.25) is 0 Å². The average molecular weight is 244 g/mol. The van der Waals surface area contributed by atoms with Gasteiger partial charge in [0.15, 0.2) is 5.78 Å². The van der Waals surface area contributed by atoms with Gasteiger partial charge in [0, 0.05) is 5.92 Å². The van der Waals surface area contributed by atoms with E-state index in [1.165, 1.54) is 6.08 Å². The smallest absolute Gasteiger partial charge is 0.317 e. The molecule has 0 saturated carbocycles. The van der Waals surface area contributed by atoms with Gasteiger partial charge in [-0.2, -0.15) is 0 Å². The molecule has 1 aliphatic rings. The summed E-state index contributed by atoms with van der Waals surface area (Å²) >= 11 is 0. The molecule has 0 aromatic heterocycles. The van der Waals surface area contributed by atoms with Gasteiger partial charge in [-0.1, -0.05) is 36.4 Å². The van der Waals surface area contributed by atoms with Gasteiger partial charge in [-0.15, -0.1) is 0 Å². The lowest BCUT2D eigenvalue weighted by Gasteiger charge is -2.25. The Bertz CT molecular complexity index is 462. The summed E-state index contributed by atoms with van der Waals surface area (Å²) in [6.07, 6.45) is 4.01. The van der Waals surface area contributed by atoms with Crippen molar-refractivity contribution in [1.82, 2.24) is 0 Å². The molecular formula is C15H16O3. The third-order valence-corrected chi connectivity index (χ3v) is 3.15. The lowest BCUT2D eigenvalue weighted by Crippen LogP contribution is -2.32. The van der Waals surface area contributed by atoms with Crippen LogP contribution in [0.15, 0.2) is 42.5 Å². The van der Waals surface area contributed by atoms with E-state index in [-0.39, 0.29) is 11.7 Å². The van der Waals surface area contributed by atoms with Crippen LogP contribution in [0.25, 0.3) is 0 Å². The van der Waals surface area contributed by atoms with Crippen LogP contribution in [0, 0.1) is 5.92 Å². The molecule has 1 aromatic carbocycles. The molecule has 2 unspecified atom stereocenters. The highest BCUT2D eigenvalue weighted by Gasteiger charge is 2.37. The Balaban J connectivity index is 2.30. The number of esters is 1. The van der Waals surface area contributed by atoms with E-state index in [9.17, 15) is 9.59 Å². The first-order valence-electron chi connectivity index (χ1n) is 6.16. The van der Waals surface area contributed by atoms with Crippen molar-refractivity contribution >= 4 is 11.8 Å². The number of hydrogen-bond donors (Lipinski definition) is 0. The van der Waals surface area contributed by atoms with Crippen LogP contribution >= 0.6 is 0 Å². The number of carbonyl (C=O) groups is 2. The average Bonchev–Trinajstić information content (AvgIpc) is 2.39. The third-order valence-electron chi connectivity index (χ3n) is 3.15. The molecule has 0 bridgehead atoms. The normalized spacial score (nSPS) is 22.8. The molecule has 2 atom stereocenters. The van der Waals surface area contributed by atoms with Crippen molar-refractivity contribution in [3.05, 3.63) is 48.0 Å². The second-order valence-corrected chi connectivity index (χ2v) is 4.29. The van der Waals surface area contributed by atoms with E-state index in [1.54, 1.807) is 6.92 Å². The molecule has 0 heterocycles. The highest BCUT2D eigenvalue weighted by molar-refractivity contribution is 6.06. The summed E-state index contributed by atoms with van der Waals surface area (Å²) < 4.78 is 5.01. The van der Waals surface area contributed by atoms with E-state index in [1.807, 2.05) is 36.4 Å². The fourth-order valence-corrected chi connectivity index (χ4v) is 2.31. The van der Waals surface area contributed by atoms with Crippen molar-refractivity contribution in [2.75, 3.05) is 6.61 Å². The van der Waals surface area contributed by atoms with Gasteiger partial charge in [-0.25, -0.2) is 0 Å². The molecule has 0 radical (unpaired) electrons. The van der Waals surface area contributed by atoms with Crippen LogP contribution in [0.5, 0.6) is 0 Å². The summed E-state index contributed by atoms with van der Waals surface area (Å²) in [6, 6.07) is 9.65. The lowest BCUT2D eigenvalue weighted by atomic mass is 9.78. The van der Waals surface area contributed by atoms with E-state index in [0.717, 1.165) is 5.56 Å². The van der Waals surface area contributed by atoms with Gasteiger partial charge in [0.05, 0.1) is 6.61 Å². The molecule has 3 nitrogen and oxygen atoms in total. The first-order valence-corrected chi connectivity index (χ1v) is 6.16. The summed E-state index contributed by atoms with van der Waals surface area (Å²) in [4.78, 5) is 23.8.